The Morgan fingerprint density at radius 3 is 2.12 bits per heavy atom. The van der Waals surface area contributed by atoms with Gasteiger partial charge in [-0.2, -0.15) is 0 Å². The van der Waals surface area contributed by atoms with Gasteiger partial charge >= 0.3 is 0 Å². The highest BCUT2D eigenvalue weighted by atomic mass is 32.2. The van der Waals surface area contributed by atoms with Gasteiger partial charge in [0.05, 0.1) is 5.75 Å². The van der Waals surface area contributed by atoms with E-state index in [1.165, 1.54) is 9.87 Å². The average Bonchev–Trinajstić information content (AvgIpc) is 2.29. The maximum atomic E-state index is 11.6. The Kier molecular flexibility index (Phi) is 4.71. The van der Waals surface area contributed by atoms with Gasteiger partial charge in [0.15, 0.2) is 0 Å². The lowest BCUT2D eigenvalue weighted by Crippen LogP contribution is -2.27. The molecule has 96 valence electrons. The second-order valence-corrected chi connectivity index (χ2v) is 6.92. The maximum Gasteiger partial charge on any atom is 0.213 e. The summed E-state index contributed by atoms with van der Waals surface area (Å²) in [5, 5.41) is 0. The molecule has 1 aromatic carbocycles. The van der Waals surface area contributed by atoms with E-state index in [1.807, 2.05) is 12.1 Å². The molecule has 0 aliphatic heterocycles. The first-order valence-corrected chi connectivity index (χ1v) is 7.50. The first kappa shape index (κ1) is 14.2. The Labute approximate surface area is 105 Å². The van der Waals surface area contributed by atoms with Gasteiger partial charge in [-0.25, -0.2) is 12.7 Å². The smallest absolute Gasteiger partial charge is 0.212 e. The topological polar surface area (TPSA) is 37.4 Å². The van der Waals surface area contributed by atoms with Gasteiger partial charge in [-0.3, -0.25) is 0 Å². The third-order valence-electron chi connectivity index (χ3n) is 2.89. The highest BCUT2D eigenvalue weighted by molar-refractivity contribution is 7.89. The molecule has 1 rings (SSSR count). The van der Waals surface area contributed by atoms with Crippen LogP contribution in [0.3, 0.4) is 0 Å². The van der Waals surface area contributed by atoms with E-state index in [4.69, 9.17) is 0 Å². The van der Waals surface area contributed by atoms with Gasteiger partial charge in [-0.05, 0) is 24.0 Å². The zero-order valence-corrected chi connectivity index (χ0v) is 11.8. The molecule has 17 heavy (non-hydrogen) atoms. The number of rotatable bonds is 5. The highest BCUT2D eigenvalue weighted by Crippen LogP contribution is 2.16. The molecule has 4 heteroatoms. The van der Waals surface area contributed by atoms with E-state index in [0.29, 0.717) is 12.5 Å². The Morgan fingerprint density at radius 1 is 1.18 bits per heavy atom. The predicted molar refractivity (Wildman–Crippen MR) is 71.5 cm³/mol. The monoisotopic (exact) mass is 255 g/mol. The summed E-state index contributed by atoms with van der Waals surface area (Å²) in [6.07, 6.45) is 0. The summed E-state index contributed by atoms with van der Waals surface area (Å²) >= 11 is 0. The van der Waals surface area contributed by atoms with Crippen LogP contribution in [0.1, 0.15) is 37.8 Å². The molecule has 0 aromatic heterocycles. The van der Waals surface area contributed by atoms with Crippen LogP contribution in [-0.4, -0.2) is 25.5 Å². The average molecular weight is 255 g/mol. The van der Waals surface area contributed by atoms with Crippen molar-refractivity contribution in [1.82, 2.24) is 4.31 Å². The van der Waals surface area contributed by atoms with E-state index in [2.05, 4.69) is 26.0 Å². The molecule has 0 amide bonds. The highest BCUT2D eigenvalue weighted by Gasteiger charge is 2.14. The molecule has 0 saturated heterocycles. The van der Waals surface area contributed by atoms with Crippen LogP contribution in [0.2, 0.25) is 0 Å². The fourth-order valence-electron chi connectivity index (χ4n) is 1.58. The molecule has 0 atom stereocenters. The SMILES string of the molecule is CCS(=O)(=O)N(C)Cc1ccc(C(C)C)cc1. The molecular formula is C13H21NO2S. The molecule has 1 aromatic rings. The molecular weight excluding hydrogens is 234 g/mol. The number of sulfonamides is 1. The molecule has 0 unspecified atom stereocenters. The fraction of sp³-hybridized carbons (Fsp3) is 0.538. The van der Waals surface area contributed by atoms with Crippen molar-refractivity contribution >= 4 is 10.0 Å². The second-order valence-electron chi connectivity index (χ2n) is 4.55. The van der Waals surface area contributed by atoms with E-state index in [9.17, 15) is 8.42 Å². The van der Waals surface area contributed by atoms with Gasteiger partial charge in [0.1, 0.15) is 0 Å². The number of hydrogen-bond acceptors (Lipinski definition) is 2. The van der Waals surface area contributed by atoms with Gasteiger partial charge in [-0.15, -0.1) is 0 Å². The minimum Gasteiger partial charge on any atom is -0.212 e. The van der Waals surface area contributed by atoms with Crippen LogP contribution < -0.4 is 0 Å². The summed E-state index contributed by atoms with van der Waals surface area (Å²) in [4.78, 5) is 0. The zero-order chi connectivity index (χ0) is 13.1. The number of nitrogens with zero attached hydrogens (tertiary/aromatic N) is 1. The van der Waals surface area contributed by atoms with Crippen LogP contribution in [0.15, 0.2) is 24.3 Å². The van der Waals surface area contributed by atoms with Crippen molar-refractivity contribution < 1.29 is 8.42 Å². The minimum absolute atomic E-state index is 0.146. The Bertz CT molecular complexity index is 449. The van der Waals surface area contributed by atoms with E-state index in [-0.39, 0.29) is 5.75 Å². The van der Waals surface area contributed by atoms with E-state index in [0.717, 1.165) is 5.56 Å². The van der Waals surface area contributed by atoms with Crippen LogP contribution in [0.4, 0.5) is 0 Å². The molecule has 0 spiro atoms. The third kappa shape index (κ3) is 3.82. The fourth-order valence-corrected chi connectivity index (χ4v) is 2.37. The van der Waals surface area contributed by atoms with Crippen molar-refractivity contribution in [3.8, 4) is 0 Å². The third-order valence-corrected chi connectivity index (χ3v) is 4.70. The van der Waals surface area contributed by atoms with Crippen LogP contribution in [0, 0.1) is 0 Å². The van der Waals surface area contributed by atoms with Crippen molar-refractivity contribution in [2.24, 2.45) is 0 Å². The summed E-state index contributed by atoms with van der Waals surface area (Å²) in [6.45, 7) is 6.38. The normalized spacial score (nSPS) is 12.4. The van der Waals surface area contributed by atoms with Gasteiger partial charge in [0, 0.05) is 13.6 Å². The van der Waals surface area contributed by atoms with Gasteiger partial charge in [-0.1, -0.05) is 38.1 Å². The Morgan fingerprint density at radius 2 is 1.71 bits per heavy atom. The molecule has 0 radical (unpaired) electrons. The van der Waals surface area contributed by atoms with Crippen LogP contribution in [0.5, 0.6) is 0 Å². The molecule has 0 heterocycles. The van der Waals surface area contributed by atoms with Crippen LogP contribution in [0.25, 0.3) is 0 Å². The lowest BCUT2D eigenvalue weighted by Gasteiger charge is -2.16. The summed E-state index contributed by atoms with van der Waals surface area (Å²) in [6, 6.07) is 8.12. The Hall–Kier alpha value is -0.870. The lowest BCUT2D eigenvalue weighted by atomic mass is 10.0. The molecule has 0 bridgehead atoms. The molecule has 0 fully saturated rings. The standard InChI is InChI=1S/C13H21NO2S/c1-5-17(15,16)14(4)10-12-6-8-13(9-7-12)11(2)3/h6-9,11H,5,10H2,1-4H3. The summed E-state index contributed by atoms with van der Waals surface area (Å²) in [5.74, 6) is 0.647. The van der Waals surface area contributed by atoms with Crippen molar-refractivity contribution in [2.45, 2.75) is 33.2 Å². The van der Waals surface area contributed by atoms with Crippen LogP contribution >= 0.6 is 0 Å². The van der Waals surface area contributed by atoms with E-state index >= 15 is 0 Å². The van der Waals surface area contributed by atoms with Crippen LogP contribution in [-0.2, 0) is 16.6 Å². The summed E-state index contributed by atoms with van der Waals surface area (Å²) < 4.78 is 24.6. The van der Waals surface area contributed by atoms with Gasteiger partial charge in [0.25, 0.3) is 0 Å². The first-order chi connectivity index (χ1) is 7.86. The van der Waals surface area contributed by atoms with E-state index in [1.54, 1.807) is 14.0 Å². The van der Waals surface area contributed by atoms with E-state index < -0.39 is 10.0 Å². The number of hydrogen-bond donors (Lipinski definition) is 0. The first-order valence-electron chi connectivity index (χ1n) is 5.89. The largest absolute Gasteiger partial charge is 0.213 e. The quantitative estimate of drug-likeness (QED) is 0.811. The summed E-state index contributed by atoms with van der Waals surface area (Å²) in [7, 11) is -1.47. The zero-order valence-electron chi connectivity index (χ0n) is 11.0. The minimum atomic E-state index is -3.09. The lowest BCUT2D eigenvalue weighted by molar-refractivity contribution is 0.468. The molecule has 0 saturated carbocycles. The summed E-state index contributed by atoms with van der Waals surface area (Å²) in [5.41, 5.74) is 2.30. The molecule has 0 aliphatic carbocycles. The van der Waals surface area contributed by atoms with Crippen molar-refractivity contribution in [2.75, 3.05) is 12.8 Å². The van der Waals surface area contributed by atoms with Crippen molar-refractivity contribution in [3.05, 3.63) is 35.4 Å². The molecule has 0 N–H and O–H groups in total. The Balaban J connectivity index is 2.76. The molecule has 3 nitrogen and oxygen atoms in total. The number of benzene rings is 1. The second kappa shape index (κ2) is 5.65. The van der Waals surface area contributed by atoms with Crippen molar-refractivity contribution in [1.29, 1.82) is 0 Å². The van der Waals surface area contributed by atoms with Crippen molar-refractivity contribution in [3.63, 3.8) is 0 Å². The van der Waals surface area contributed by atoms with Gasteiger partial charge < -0.3 is 0 Å². The maximum absolute atomic E-state index is 11.6. The predicted octanol–water partition coefficient (Wildman–Crippen LogP) is 2.59. The molecule has 0 aliphatic rings. The van der Waals surface area contributed by atoms with Gasteiger partial charge in [0.2, 0.25) is 10.0 Å².